The van der Waals surface area contributed by atoms with Crippen molar-refractivity contribution in [3.8, 4) is 0 Å². The maximum Gasteiger partial charge on any atom is 0.296 e. The number of nitrogens with two attached hydrogens (primary N) is 3. The number of hydrazone groups is 1. The van der Waals surface area contributed by atoms with E-state index in [9.17, 15) is 66.8 Å². The molecule has 0 atom stereocenters. The number of nitrogens with zero attached hydrogens (tertiary/aromatic N) is 6. The Labute approximate surface area is 366 Å². The summed E-state index contributed by atoms with van der Waals surface area (Å²) < 4.78 is 140. The van der Waals surface area contributed by atoms with Crippen LogP contribution in [0.5, 0.6) is 0 Å². The molecule has 0 heterocycles. The minimum absolute atomic E-state index is 0.0511. The highest BCUT2D eigenvalue weighted by atomic mass is 32.2. The number of Topliss-reactive ketones (excluding diaryl/α,β-unsaturated/α-hetero) is 1. The first-order chi connectivity index (χ1) is 30.2. The fourth-order valence-corrected chi connectivity index (χ4v) is 8.58. The number of non-ortho nitro benzene ring substituents is 1. The molecule has 65 heavy (non-hydrogen) atoms. The van der Waals surface area contributed by atoms with Crippen LogP contribution in [0.15, 0.2) is 130 Å². The van der Waals surface area contributed by atoms with E-state index in [4.69, 9.17) is 17.2 Å². The summed E-state index contributed by atoms with van der Waals surface area (Å²) in [5.41, 5.74) is 15.4. The molecule has 5 aromatic rings. The van der Waals surface area contributed by atoms with Crippen LogP contribution in [0, 0.1) is 10.1 Å². The van der Waals surface area contributed by atoms with Gasteiger partial charge in [0.15, 0.2) is 5.71 Å². The molecule has 0 unspecified atom stereocenters. The molecule has 0 saturated heterocycles. The van der Waals surface area contributed by atoms with Gasteiger partial charge in [-0.15, -0.1) is 10.2 Å². The van der Waals surface area contributed by atoms with Crippen molar-refractivity contribution in [3.63, 3.8) is 0 Å². The Kier molecular flexibility index (Phi) is 12.6. The summed E-state index contributed by atoms with van der Waals surface area (Å²) in [5.74, 6) is -1.39. The van der Waals surface area contributed by atoms with Gasteiger partial charge in [-0.25, -0.2) is 0 Å². The molecule has 0 saturated carbocycles. The molecule has 0 aromatic heterocycles. The Morgan fingerprint density at radius 3 is 1.77 bits per heavy atom. The second kappa shape index (κ2) is 17.5. The summed E-state index contributed by atoms with van der Waals surface area (Å²) in [6.07, 6.45) is 2.69. The Balaban J connectivity index is 1.36. The quantitative estimate of drug-likeness (QED) is 0.0168. The van der Waals surface area contributed by atoms with Gasteiger partial charge in [0.25, 0.3) is 46.2 Å². The highest BCUT2D eigenvalue weighted by Crippen LogP contribution is 2.41. The van der Waals surface area contributed by atoms with Crippen molar-refractivity contribution in [1.29, 1.82) is 0 Å². The molecule has 11 N–H and O–H groups in total. The van der Waals surface area contributed by atoms with E-state index in [2.05, 4.69) is 31.0 Å². The molecule has 0 spiro atoms. The molecule has 5 aromatic carbocycles. The number of nitrogens with one attached hydrogen (secondary N) is 1. The standard InChI is InChI=1S/C36H28N10O15S4/c37-21-5-12-27(26(38)15-21)43-41-23-6-3-18(28(16-23)62(50,51)52)1-2-19-4-7-24(17-29(19)63(53,54)55)42-45-35-31(65(59,60)61)14-20-13-30(64(56,57)58)34(33(39)32(20)36(35)47)44-40-22-8-10-25(11-9-22)46(48)49/h1-17,42H,37-39H2,(H,50,51,52)(H,53,54,55)(H,56,57,58)(H,59,60,61). The summed E-state index contributed by atoms with van der Waals surface area (Å²) >= 11 is 0. The topological polar surface area (TPSA) is 430 Å². The third-order valence-corrected chi connectivity index (χ3v) is 12.4. The highest BCUT2D eigenvalue weighted by molar-refractivity contribution is 7.91. The first-order valence-corrected chi connectivity index (χ1v) is 23.1. The van der Waals surface area contributed by atoms with Crippen LogP contribution in [-0.2, 0) is 40.5 Å². The van der Waals surface area contributed by atoms with Crippen molar-refractivity contribution in [3.05, 3.63) is 122 Å². The number of rotatable bonds is 13. The third-order valence-electron chi connectivity index (χ3n) is 8.81. The number of nitro benzene ring substituents is 1. The molecule has 1 aliphatic carbocycles. The number of ketones is 1. The normalized spacial score (nSPS) is 14.3. The number of carbonyl (C=O) groups excluding carboxylic acids is 1. The zero-order chi connectivity index (χ0) is 47.8. The van der Waals surface area contributed by atoms with Crippen LogP contribution >= 0.6 is 0 Å². The molecule has 0 radical (unpaired) electrons. The van der Waals surface area contributed by atoms with Gasteiger partial charge < -0.3 is 17.2 Å². The van der Waals surface area contributed by atoms with Gasteiger partial charge in [0.1, 0.15) is 31.0 Å². The number of nitrogen functional groups attached to an aromatic ring is 3. The second-order valence-corrected chi connectivity index (χ2v) is 18.8. The number of fused-ring (bicyclic) bond motifs is 1. The maximum absolute atomic E-state index is 13.9. The number of benzene rings is 5. The van der Waals surface area contributed by atoms with Gasteiger partial charge in [-0.2, -0.15) is 49.0 Å². The van der Waals surface area contributed by atoms with Crippen molar-refractivity contribution in [2.75, 3.05) is 22.6 Å². The lowest BCUT2D eigenvalue weighted by Crippen LogP contribution is -2.28. The van der Waals surface area contributed by atoms with Crippen molar-refractivity contribution in [2.24, 2.45) is 25.6 Å². The monoisotopic (exact) mass is 968 g/mol. The second-order valence-electron chi connectivity index (χ2n) is 13.2. The lowest BCUT2D eigenvalue weighted by atomic mass is 9.92. The van der Waals surface area contributed by atoms with Crippen LogP contribution in [0.2, 0.25) is 0 Å². The van der Waals surface area contributed by atoms with Crippen LogP contribution in [0.3, 0.4) is 0 Å². The first-order valence-electron chi connectivity index (χ1n) is 17.4. The molecule has 1 aliphatic rings. The van der Waals surface area contributed by atoms with Crippen molar-refractivity contribution >= 4 is 121 Å². The van der Waals surface area contributed by atoms with E-state index in [1.807, 2.05) is 0 Å². The van der Waals surface area contributed by atoms with E-state index in [0.717, 1.165) is 60.7 Å². The maximum atomic E-state index is 13.9. The zero-order valence-corrected chi connectivity index (χ0v) is 35.4. The molecule has 0 fully saturated rings. The number of allylic oxidation sites excluding steroid dienone is 1. The number of nitro groups is 1. The summed E-state index contributed by atoms with van der Waals surface area (Å²) in [4.78, 5) is 20.4. The molecule has 0 bridgehead atoms. The molecule has 25 nitrogen and oxygen atoms in total. The summed E-state index contributed by atoms with van der Waals surface area (Å²) in [6, 6.07) is 15.7. The van der Waals surface area contributed by atoms with Crippen LogP contribution in [0.25, 0.3) is 18.2 Å². The van der Waals surface area contributed by atoms with E-state index in [1.165, 1.54) is 30.3 Å². The Morgan fingerprint density at radius 2 is 1.20 bits per heavy atom. The number of carbonyl (C=O) groups is 1. The van der Waals surface area contributed by atoms with E-state index >= 15 is 0 Å². The summed E-state index contributed by atoms with van der Waals surface area (Å²) in [5, 5.41) is 30.1. The third kappa shape index (κ3) is 10.6. The minimum atomic E-state index is -5.39. The molecule has 0 amide bonds. The van der Waals surface area contributed by atoms with Gasteiger partial charge in [0.2, 0.25) is 5.78 Å². The summed E-state index contributed by atoms with van der Waals surface area (Å²) in [6.45, 7) is 0. The molecular weight excluding hydrogens is 941 g/mol. The summed E-state index contributed by atoms with van der Waals surface area (Å²) in [7, 11) is -20.7. The van der Waals surface area contributed by atoms with Crippen molar-refractivity contribution in [1.82, 2.24) is 0 Å². The number of anilines is 4. The average molecular weight is 969 g/mol. The van der Waals surface area contributed by atoms with Crippen LogP contribution in [-0.4, -0.2) is 68.3 Å². The fraction of sp³-hybridized carbons (Fsp3) is 0. The van der Waals surface area contributed by atoms with Crippen LogP contribution < -0.4 is 22.6 Å². The number of hydrogen-bond donors (Lipinski definition) is 8. The largest absolute Gasteiger partial charge is 0.399 e. The van der Waals surface area contributed by atoms with E-state index in [0.29, 0.717) is 17.8 Å². The molecule has 6 rings (SSSR count). The molecule has 0 aliphatic heterocycles. The van der Waals surface area contributed by atoms with Crippen LogP contribution in [0.4, 0.5) is 51.2 Å². The van der Waals surface area contributed by atoms with E-state index in [-0.39, 0.29) is 45.3 Å². The lowest BCUT2D eigenvalue weighted by molar-refractivity contribution is -0.384. The average Bonchev–Trinajstić information content (AvgIpc) is 3.20. The molecule has 336 valence electrons. The Bertz CT molecular complexity index is 3480. The number of azo groups is 2. The van der Waals surface area contributed by atoms with Gasteiger partial charge in [0, 0.05) is 17.8 Å². The molecular formula is C36H28N10O15S4. The fourth-order valence-electron chi connectivity index (χ4n) is 5.83. The van der Waals surface area contributed by atoms with Gasteiger partial charge in [-0.3, -0.25) is 38.5 Å². The zero-order valence-electron chi connectivity index (χ0n) is 32.1. The van der Waals surface area contributed by atoms with Crippen LogP contribution in [0.1, 0.15) is 27.0 Å². The predicted octanol–water partition coefficient (Wildman–Crippen LogP) is 5.98. The number of hydrogen-bond acceptors (Lipinski definition) is 20. The Hall–Kier alpha value is -7.64. The minimum Gasteiger partial charge on any atom is -0.399 e. The first kappa shape index (κ1) is 46.9. The van der Waals surface area contributed by atoms with Gasteiger partial charge in [-0.1, -0.05) is 24.3 Å². The van der Waals surface area contributed by atoms with Gasteiger partial charge >= 0.3 is 0 Å². The highest BCUT2D eigenvalue weighted by Gasteiger charge is 2.37. The van der Waals surface area contributed by atoms with Crippen molar-refractivity contribution < 1.29 is 61.6 Å². The van der Waals surface area contributed by atoms with Gasteiger partial charge in [0.05, 0.1) is 38.9 Å². The molecule has 29 heteroatoms. The smallest absolute Gasteiger partial charge is 0.296 e. The Morgan fingerprint density at radius 1 is 0.631 bits per heavy atom. The van der Waals surface area contributed by atoms with E-state index < -0.39 is 99.0 Å². The lowest BCUT2D eigenvalue weighted by Gasteiger charge is -2.20. The van der Waals surface area contributed by atoms with Crippen molar-refractivity contribution in [2.45, 2.75) is 14.7 Å². The predicted molar refractivity (Wildman–Crippen MR) is 234 cm³/mol. The van der Waals surface area contributed by atoms with E-state index in [1.54, 1.807) is 0 Å². The van der Waals surface area contributed by atoms with Gasteiger partial charge in [-0.05, 0) is 83.4 Å². The SMILES string of the molecule is Nc1ccc(N=Nc2ccc(C=Cc3ccc(NN=C4C(=O)c5c(cc(S(=O)(=O)O)c(N=Nc6ccc([N+](=O)[O-])cc6)c5N)C=C4S(=O)(=O)O)cc3S(=O)(=O)O)c(S(=O)(=O)O)c2)c(N)c1.